The van der Waals surface area contributed by atoms with Gasteiger partial charge in [0.25, 0.3) is 0 Å². The molecule has 0 radical (unpaired) electrons. The second kappa shape index (κ2) is 6.92. The predicted octanol–water partition coefficient (Wildman–Crippen LogP) is 2.80. The molecule has 3 nitrogen and oxygen atoms in total. The number of rotatable bonds is 6. The second-order valence-electron chi connectivity index (χ2n) is 5.59. The van der Waals surface area contributed by atoms with E-state index in [1.54, 1.807) is 7.11 Å². The van der Waals surface area contributed by atoms with Gasteiger partial charge in [0.15, 0.2) is 0 Å². The number of hydrogen-bond acceptors (Lipinski definition) is 3. The summed E-state index contributed by atoms with van der Waals surface area (Å²) in [4.78, 5) is 0. The van der Waals surface area contributed by atoms with Crippen LogP contribution < -0.4 is 15.8 Å². The summed E-state index contributed by atoms with van der Waals surface area (Å²) in [5.41, 5.74) is 9.71. The van der Waals surface area contributed by atoms with Crippen LogP contribution in [0, 0.1) is 25.7 Å². The number of aryl methyl sites for hydroxylation is 2. The Labute approximate surface area is 117 Å². The Hall–Kier alpha value is -1.06. The van der Waals surface area contributed by atoms with E-state index in [1.165, 1.54) is 16.7 Å². The average molecular weight is 264 g/mol. The molecule has 1 aromatic rings. The standard InChI is InChI=1S/C16H28N2O/c1-10(2)14(9-17)16(18-5)13-7-12(4)15(19-6)8-11(13)3/h7-8,10,14,16,18H,9,17H2,1-6H3. The molecule has 0 saturated heterocycles. The molecular weight excluding hydrogens is 236 g/mol. The summed E-state index contributed by atoms with van der Waals surface area (Å²) < 4.78 is 5.38. The van der Waals surface area contributed by atoms with E-state index in [4.69, 9.17) is 10.5 Å². The Balaban J connectivity index is 3.21. The first-order valence-electron chi connectivity index (χ1n) is 6.98. The molecule has 0 spiro atoms. The van der Waals surface area contributed by atoms with Gasteiger partial charge in [-0.1, -0.05) is 19.9 Å². The molecule has 0 aliphatic carbocycles. The number of nitrogens with one attached hydrogen (secondary N) is 1. The van der Waals surface area contributed by atoms with E-state index in [0.717, 1.165) is 5.75 Å². The molecular formula is C16H28N2O. The van der Waals surface area contributed by atoms with Crippen molar-refractivity contribution in [2.45, 2.75) is 33.7 Å². The first-order chi connectivity index (χ1) is 8.96. The summed E-state index contributed by atoms with van der Waals surface area (Å²) in [6.45, 7) is 9.37. The molecule has 19 heavy (non-hydrogen) atoms. The molecule has 1 rings (SSSR count). The van der Waals surface area contributed by atoms with Crippen LogP contribution in [0.5, 0.6) is 5.75 Å². The van der Waals surface area contributed by atoms with Gasteiger partial charge in [0.1, 0.15) is 5.75 Å². The van der Waals surface area contributed by atoms with E-state index in [9.17, 15) is 0 Å². The van der Waals surface area contributed by atoms with E-state index < -0.39 is 0 Å². The molecule has 0 fully saturated rings. The van der Waals surface area contributed by atoms with Gasteiger partial charge in [0.05, 0.1) is 7.11 Å². The zero-order valence-electron chi connectivity index (χ0n) is 13.1. The molecule has 0 amide bonds. The third kappa shape index (κ3) is 3.48. The maximum Gasteiger partial charge on any atom is 0.122 e. The number of nitrogens with two attached hydrogens (primary N) is 1. The average Bonchev–Trinajstić information content (AvgIpc) is 2.37. The maximum atomic E-state index is 5.97. The zero-order chi connectivity index (χ0) is 14.6. The van der Waals surface area contributed by atoms with Gasteiger partial charge in [0.2, 0.25) is 0 Å². The molecule has 0 aliphatic heterocycles. The summed E-state index contributed by atoms with van der Waals surface area (Å²) in [7, 11) is 3.72. The highest BCUT2D eigenvalue weighted by molar-refractivity contribution is 5.43. The number of hydrogen-bond donors (Lipinski definition) is 2. The summed E-state index contributed by atoms with van der Waals surface area (Å²) in [6.07, 6.45) is 0. The molecule has 1 aromatic carbocycles. The van der Waals surface area contributed by atoms with Crippen LogP contribution in [0.4, 0.5) is 0 Å². The molecule has 3 N–H and O–H groups in total. The van der Waals surface area contributed by atoms with Gasteiger partial charge in [-0.2, -0.15) is 0 Å². The van der Waals surface area contributed by atoms with Crippen molar-refractivity contribution in [1.82, 2.24) is 5.32 Å². The Morgan fingerprint density at radius 3 is 2.26 bits per heavy atom. The van der Waals surface area contributed by atoms with Crippen molar-refractivity contribution in [3.8, 4) is 5.75 Å². The second-order valence-corrected chi connectivity index (χ2v) is 5.59. The normalized spacial score (nSPS) is 14.5. The van der Waals surface area contributed by atoms with Crippen molar-refractivity contribution in [2.24, 2.45) is 17.6 Å². The lowest BCUT2D eigenvalue weighted by Gasteiger charge is -2.31. The van der Waals surface area contributed by atoms with E-state index in [1.807, 2.05) is 7.05 Å². The Morgan fingerprint density at radius 2 is 1.84 bits per heavy atom. The molecule has 0 saturated carbocycles. The minimum Gasteiger partial charge on any atom is -0.496 e. The SMILES string of the molecule is CNC(c1cc(C)c(OC)cc1C)C(CN)C(C)C. The van der Waals surface area contributed by atoms with Crippen molar-refractivity contribution in [3.63, 3.8) is 0 Å². The maximum absolute atomic E-state index is 5.97. The van der Waals surface area contributed by atoms with Gasteiger partial charge in [0, 0.05) is 6.04 Å². The molecule has 108 valence electrons. The lowest BCUT2D eigenvalue weighted by atomic mass is 9.82. The van der Waals surface area contributed by atoms with Gasteiger partial charge < -0.3 is 15.8 Å². The van der Waals surface area contributed by atoms with Crippen LogP contribution in [0.1, 0.15) is 36.6 Å². The van der Waals surface area contributed by atoms with Gasteiger partial charge in [-0.15, -0.1) is 0 Å². The van der Waals surface area contributed by atoms with Crippen LogP contribution in [-0.2, 0) is 0 Å². The third-order valence-corrected chi connectivity index (χ3v) is 3.99. The first-order valence-corrected chi connectivity index (χ1v) is 6.98. The molecule has 0 aliphatic rings. The van der Waals surface area contributed by atoms with Crippen LogP contribution in [0.15, 0.2) is 12.1 Å². The number of methoxy groups -OCH3 is 1. The van der Waals surface area contributed by atoms with E-state index >= 15 is 0 Å². The number of ether oxygens (including phenoxy) is 1. The van der Waals surface area contributed by atoms with E-state index in [0.29, 0.717) is 18.4 Å². The fourth-order valence-electron chi connectivity index (χ4n) is 2.76. The van der Waals surface area contributed by atoms with E-state index in [2.05, 4.69) is 45.1 Å². The minimum absolute atomic E-state index is 0.287. The van der Waals surface area contributed by atoms with Crippen LogP contribution in [-0.4, -0.2) is 20.7 Å². The highest BCUT2D eigenvalue weighted by Gasteiger charge is 2.25. The van der Waals surface area contributed by atoms with Crippen molar-refractivity contribution in [3.05, 3.63) is 28.8 Å². The molecule has 2 atom stereocenters. The highest BCUT2D eigenvalue weighted by Crippen LogP contribution is 2.32. The van der Waals surface area contributed by atoms with E-state index in [-0.39, 0.29) is 6.04 Å². The molecule has 0 heterocycles. The lowest BCUT2D eigenvalue weighted by molar-refractivity contribution is 0.298. The van der Waals surface area contributed by atoms with Crippen molar-refractivity contribution in [2.75, 3.05) is 20.7 Å². The lowest BCUT2D eigenvalue weighted by Crippen LogP contribution is -2.34. The van der Waals surface area contributed by atoms with Crippen LogP contribution in [0.2, 0.25) is 0 Å². The fraction of sp³-hybridized carbons (Fsp3) is 0.625. The Bertz CT molecular complexity index is 415. The van der Waals surface area contributed by atoms with Gasteiger partial charge in [-0.3, -0.25) is 0 Å². The van der Waals surface area contributed by atoms with Crippen molar-refractivity contribution >= 4 is 0 Å². The van der Waals surface area contributed by atoms with Gasteiger partial charge >= 0.3 is 0 Å². The highest BCUT2D eigenvalue weighted by atomic mass is 16.5. The summed E-state index contributed by atoms with van der Waals surface area (Å²) >= 11 is 0. The summed E-state index contributed by atoms with van der Waals surface area (Å²) in [5.74, 6) is 1.92. The fourth-order valence-corrected chi connectivity index (χ4v) is 2.76. The topological polar surface area (TPSA) is 47.3 Å². The summed E-state index contributed by atoms with van der Waals surface area (Å²) in [5, 5.41) is 3.44. The summed E-state index contributed by atoms with van der Waals surface area (Å²) in [6, 6.07) is 4.62. The quantitative estimate of drug-likeness (QED) is 0.830. The smallest absolute Gasteiger partial charge is 0.122 e. The first kappa shape index (κ1) is 16.0. The van der Waals surface area contributed by atoms with Crippen molar-refractivity contribution < 1.29 is 4.74 Å². The number of benzene rings is 1. The van der Waals surface area contributed by atoms with Crippen LogP contribution >= 0.6 is 0 Å². The van der Waals surface area contributed by atoms with Gasteiger partial charge in [-0.05, 0) is 62.0 Å². The van der Waals surface area contributed by atoms with Crippen LogP contribution in [0.25, 0.3) is 0 Å². The molecule has 3 heteroatoms. The van der Waals surface area contributed by atoms with Crippen molar-refractivity contribution in [1.29, 1.82) is 0 Å². The largest absolute Gasteiger partial charge is 0.496 e. The third-order valence-electron chi connectivity index (χ3n) is 3.99. The molecule has 0 aromatic heterocycles. The molecule has 0 bridgehead atoms. The van der Waals surface area contributed by atoms with Crippen LogP contribution in [0.3, 0.4) is 0 Å². The zero-order valence-corrected chi connectivity index (χ0v) is 13.1. The minimum atomic E-state index is 0.287. The monoisotopic (exact) mass is 264 g/mol. The predicted molar refractivity (Wildman–Crippen MR) is 81.7 cm³/mol. The van der Waals surface area contributed by atoms with Gasteiger partial charge in [-0.25, -0.2) is 0 Å². The Morgan fingerprint density at radius 1 is 1.21 bits per heavy atom. The Kier molecular flexibility index (Phi) is 5.83. The molecule has 2 unspecified atom stereocenters.